The molecular weight excluding hydrogens is 190 g/mol. The van der Waals surface area contributed by atoms with Gasteiger partial charge in [0.1, 0.15) is 0 Å². The third-order valence-electron chi connectivity index (χ3n) is 1.34. The summed E-state index contributed by atoms with van der Waals surface area (Å²) in [6, 6.07) is 1.38. The van der Waals surface area contributed by atoms with Crippen molar-refractivity contribution < 1.29 is 0 Å². The molecule has 1 aromatic rings. The lowest BCUT2D eigenvalue weighted by Gasteiger charge is -1.98. The summed E-state index contributed by atoms with van der Waals surface area (Å²) in [4.78, 5) is 26.3. The molecule has 4 N–H and O–H groups in total. The van der Waals surface area contributed by atoms with Crippen molar-refractivity contribution in [3.05, 3.63) is 32.6 Å². The molecule has 0 spiro atoms. The number of H-pyrrole nitrogens is 2. The van der Waals surface area contributed by atoms with Crippen molar-refractivity contribution in [3.63, 3.8) is 0 Å². The van der Waals surface area contributed by atoms with Gasteiger partial charge in [-0.3, -0.25) is 9.78 Å². The molecule has 0 fully saturated rings. The van der Waals surface area contributed by atoms with Crippen LogP contribution in [0.4, 0.5) is 0 Å². The summed E-state index contributed by atoms with van der Waals surface area (Å²) in [5.74, 6) is 1.42. The molecule has 13 heavy (non-hydrogen) atoms. The Balaban J connectivity index is 2.67. The molecule has 0 aromatic carbocycles. The number of aromatic amines is 2. The van der Waals surface area contributed by atoms with Crippen LogP contribution < -0.4 is 17.0 Å². The zero-order valence-electron chi connectivity index (χ0n) is 7.00. The van der Waals surface area contributed by atoms with E-state index in [2.05, 4.69) is 9.97 Å². The quantitative estimate of drug-likeness (QED) is 0.559. The fourth-order valence-electron chi connectivity index (χ4n) is 0.863. The standard InChI is InChI=1S/C7H11N3O2S/c8-1-2-13-4-5-3-6(11)10-7(12)9-5/h3H,1-2,4,8H2,(H2,9,10,11,12). The van der Waals surface area contributed by atoms with E-state index in [1.54, 1.807) is 11.8 Å². The minimum absolute atomic E-state index is 0.368. The van der Waals surface area contributed by atoms with Crippen molar-refractivity contribution in [1.82, 2.24) is 9.97 Å². The lowest BCUT2D eigenvalue weighted by Crippen LogP contribution is -2.22. The molecule has 1 aromatic heterocycles. The normalized spacial score (nSPS) is 10.2. The highest BCUT2D eigenvalue weighted by Crippen LogP contribution is 2.05. The largest absolute Gasteiger partial charge is 0.330 e. The predicted octanol–water partition coefficient (Wildman–Crippen LogP) is -0.745. The van der Waals surface area contributed by atoms with Crippen LogP contribution in [-0.4, -0.2) is 22.3 Å². The zero-order valence-corrected chi connectivity index (χ0v) is 7.82. The number of rotatable bonds is 4. The van der Waals surface area contributed by atoms with E-state index in [-0.39, 0.29) is 5.56 Å². The van der Waals surface area contributed by atoms with Gasteiger partial charge >= 0.3 is 5.69 Å². The Morgan fingerprint density at radius 2 is 2.15 bits per heavy atom. The minimum Gasteiger partial charge on any atom is -0.330 e. The van der Waals surface area contributed by atoms with Crippen molar-refractivity contribution in [2.45, 2.75) is 5.75 Å². The highest BCUT2D eigenvalue weighted by molar-refractivity contribution is 7.98. The van der Waals surface area contributed by atoms with Crippen LogP contribution in [0.2, 0.25) is 0 Å². The van der Waals surface area contributed by atoms with Gasteiger partial charge in [-0.05, 0) is 0 Å². The van der Waals surface area contributed by atoms with Crippen LogP contribution in [0.3, 0.4) is 0 Å². The van der Waals surface area contributed by atoms with Crippen LogP contribution in [-0.2, 0) is 5.75 Å². The van der Waals surface area contributed by atoms with Crippen molar-refractivity contribution in [2.24, 2.45) is 5.73 Å². The second-order valence-corrected chi connectivity index (χ2v) is 3.56. The number of nitrogens with two attached hydrogens (primary N) is 1. The van der Waals surface area contributed by atoms with Crippen LogP contribution in [0.1, 0.15) is 5.69 Å². The lowest BCUT2D eigenvalue weighted by atomic mass is 10.4. The van der Waals surface area contributed by atoms with E-state index >= 15 is 0 Å². The van der Waals surface area contributed by atoms with E-state index in [1.165, 1.54) is 6.07 Å². The van der Waals surface area contributed by atoms with Gasteiger partial charge in [-0.1, -0.05) is 0 Å². The maximum atomic E-state index is 10.8. The molecule has 0 saturated carbocycles. The number of hydrogen-bond donors (Lipinski definition) is 3. The van der Waals surface area contributed by atoms with Gasteiger partial charge in [0.25, 0.3) is 5.56 Å². The lowest BCUT2D eigenvalue weighted by molar-refractivity contribution is 0.985. The summed E-state index contributed by atoms with van der Waals surface area (Å²) < 4.78 is 0. The summed E-state index contributed by atoms with van der Waals surface area (Å²) in [6.45, 7) is 0.595. The SMILES string of the molecule is NCCSCc1cc(=O)[nH]c(=O)[nH]1. The third-order valence-corrected chi connectivity index (χ3v) is 2.38. The first kappa shape index (κ1) is 10.1. The molecule has 0 bridgehead atoms. The predicted molar refractivity (Wildman–Crippen MR) is 52.9 cm³/mol. The fourth-order valence-corrected chi connectivity index (χ4v) is 1.55. The Bertz CT molecular complexity index is 342. The topological polar surface area (TPSA) is 91.7 Å². The van der Waals surface area contributed by atoms with Crippen molar-refractivity contribution in [3.8, 4) is 0 Å². The molecule has 5 nitrogen and oxygen atoms in total. The molecule has 0 saturated heterocycles. The Hall–Kier alpha value is -1.01. The first-order valence-corrected chi connectivity index (χ1v) is 4.98. The zero-order chi connectivity index (χ0) is 9.68. The molecule has 0 amide bonds. The molecule has 0 aliphatic carbocycles. The van der Waals surface area contributed by atoms with E-state index in [1.807, 2.05) is 0 Å². The molecule has 72 valence electrons. The van der Waals surface area contributed by atoms with E-state index in [9.17, 15) is 9.59 Å². The number of nitrogens with one attached hydrogen (secondary N) is 2. The van der Waals surface area contributed by atoms with Crippen LogP contribution in [0.15, 0.2) is 15.7 Å². The number of hydrogen-bond acceptors (Lipinski definition) is 4. The first-order chi connectivity index (χ1) is 6.22. The van der Waals surface area contributed by atoms with Crippen LogP contribution in [0.5, 0.6) is 0 Å². The van der Waals surface area contributed by atoms with Crippen molar-refractivity contribution in [1.29, 1.82) is 0 Å². The van der Waals surface area contributed by atoms with Gasteiger partial charge in [-0.25, -0.2) is 4.79 Å². The van der Waals surface area contributed by atoms with Gasteiger partial charge in [-0.15, -0.1) is 0 Å². The van der Waals surface area contributed by atoms with E-state index in [4.69, 9.17) is 5.73 Å². The number of aromatic nitrogens is 2. The van der Waals surface area contributed by atoms with Gasteiger partial charge < -0.3 is 10.7 Å². The summed E-state index contributed by atoms with van der Waals surface area (Å²) in [7, 11) is 0. The van der Waals surface area contributed by atoms with Crippen molar-refractivity contribution in [2.75, 3.05) is 12.3 Å². The molecule has 1 heterocycles. The monoisotopic (exact) mass is 201 g/mol. The Morgan fingerprint density at radius 1 is 1.38 bits per heavy atom. The molecule has 1 rings (SSSR count). The van der Waals surface area contributed by atoms with Gasteiger partial charge in [0.15, 0.2) is 0 Å². The second-order valence-electron chi connectivity index (χ2n) is 2.45. The van der Waals surface area contributed by atoms with Crippen LogP contribution in [0.25, 0.3) is 0 Å². The van der Waals surface area contributed by atoms with E-state index in [0.717, 1.165) is 5.75 Å². The van der Waals surface area contributed by atoms with Crippen molar-refractivity contribution >= 4 is 11.8 Å². The molecule has 0 unspecified atom stereocenters. The Kier molecular flexibility index (Phi) is 3.78. The van der Waals surface area contributed by atoms with Gasteiger partial charge in [0, 0.05) is 29.8 Å². The smallest absolute Gasteiger partial charge is 0.325 e. The maximum Gasteiger partial charge on any atom is 0.325 e. The van der Waals surface area contributed by atoms with E-state index in [0.29, 0.717) is 18.0 Å². The van der Waals surface area contributed by atoms with Crippen LogP contribution >= 0.6 is 11.8 Å². The highest BCUT2D eigenvalue weighted by atomic mass is 32.2. The minimum atomic E-state index is -0.462. The summed E-state index contributed by atoms with van der Waals surface area (Å²) in [5.41, 5.74) is 5.09. The van der Waals surface area contributed by atoms with Gasteiger partial charge in [0.2, 0.25) is 0 Å². The Morgan fingerprint density at radius 3 is 2.77 bits per heavy atom. The van der Waals surface area contributed by atoms with Crippen LogP contribution in [0, 0.1) is 0 Å². The summed E-state index contributed by atoms with van der Waals surface area (Å²) in [6.07, 6.45) is 0. The fraction of sp³-hybridized carbons (Fsp3) is 0.429. The summed E-state index contributed by atoms with van der Waals surface area (Å²) in [5, 5.41) is 0. The second kappa shape index (κ2) is 4.88. The molecule has 6 heteroatoms. The van der Waals surface area contributed by atoms with Gasteiger partial charge in [-0.2, -0.15) is 11.8 Å². The highest BCUT2D eigenvalue weighted by Gasteiger charge is 1.95. The molecule has 0 aliphatic heterocycles. The number of thioether (sulfide) groups is 1. The molecule has 0 aliphatic rings. The molecular formula is C7H11N3O2S. The van der Waals surface area contributed by atoms with E-state index < -0.39 is 5.69 Å². The summed E-state index contributed by atoms with van der Waals surface area (Å²) >= 11 is 1.58. The molecule has 0 atom stereocenters. The third kappa shape index (κ3) is 3.47. The average Bonchev–Trinajstić information content (AvgIpc) is 2.03. The van der Waals surface area contributed by atoms with Gasteiger partial charge in [0.05, 0.1) is 0 Å². The average molecular weight is 201 g/mol. The molecule has 0 radical (unpaired) electrons. The first-order valence-electron chi connectivity index (χ1n) is 3.82. The Labute approximate surface area is 78.8 Å². The maximum absolute atomic E-state index is 10.8.